The third-order valence-corrected chi connectivity index (χ3v) is 6.44. The van der Waals surface area contributed by atoms with E-state index in [-0.39, 0.29) is 5.97 Å². The number of carbonyl (C=O) groups excluding carboxylic acids is 3. The monoisotopic (exact) mass is 469 g/mol. The number of methoxy groups -OCH3 is 3. The number of nitrogens with zero attached hydrogens (tertiary/aromatic N) is 1. The van der Waals surface area contributed by atoms with Crippen molar-refractivity contribution in [3.05, 3.63) is 58.7 Å². The molecule has 0 fully saturated rings. The average Bonchev–Trinajstić information content (AvgIpc) is 2.88. The van der Waals surface area contributed by atoms with E-state index in [1.807, 2.05) is 32.2 Å². The Bertz CT molecular complexity index is 989. The van der Waals surface area contributed by atoms with Gasteiger partial charge in [-0.25, -0.2) is 0 Å². The smallest absolute Gasteiger partial charge is 0.316 e. The number of hydrogen-bond donors (Lipinski definition) is 0. The second-order valence-corrected chi connectivity index (χ2v) is 8.35. The van der Waals surface area contributed by atoms with Gasteiger partial charge in [-0.1, -0.05) is 19.1 Å². The first-order chi connectivity index (χ1) is 16.4. The Kier molecular flexibility index (Phi) is 10.3. The Morgan fingerprint density at radius 2 is 1.56 bits per heavy atom. The maximum atomic E-state index is 12.9. The number of aldehydes is 2. The predicted molar refractivity (Wildman–Crippen MR) is 131 cm³/mol. The van der Waals surface area contributed by atoms with Gasteiger partial charge in [-0.3, -0.25) is 14.4 Å². The molecular formula is C27H35NO6. The van der Waals surface area contributed by atoms with Crippen LogP contribution in [0.4, 0.5) is 0 Å². The Hall–Kier alpha value is -3.19. The van der Waals surface area contributed by atoms with Crippen molar-refractivity contribution in [2.45, 2.75) is 38.0 Å². The van der Waals surface area contributed by atoms with E-state index in [0.29, 0.717) is 35.5 Å². The summed E-state index contributed by atoms with van der Waals surface area (Å²) < 4.78 is 15.8. The third kappa shape index (κ3) is 6.23. The summed E-state index contributed by atoms with van der Waals surface area (Å²) in [5, 5.41) is 0. The molecule has 0 aliphatic heterocycles. The molecule has 34 heavy (non-hydrogen) atoms. The summed E-state index contributed by atoms with van der Waals surface area (Å²) in [6, 6.07) is 10.9. The zero-order valence-electron chi connectivity index (χ0n) is 20.8. The molecule has 0 spiro atoms. The quantitative estimate of drug-likeness (QED) is 0.304. The van der Waals surface area contributed by atoms with E-state index in [1.165, 1.54) is 14.2 Å². The van der Waals surface area contributed by atoms with E-state index >= 15 is 0 Å². The third-order valence-electron chi connectivity index (χ3n) is 6.44. The van der Waals surface area contributed by atoms with Gasteiger partial charge in [0.25, 0.3) is 0 Å². The number of hydrogen-bond acceptors (Lipinski definition) is 7. The summed E-state index contributed by atoms with van der Waals surface area (Å²) in [6.45, 7) is 3.59. The highest BCUT2D eigenvalue weighted by Crippen LogP contribution is 2.37. The molecule has 0 saturated carbocycles. The van der Waals surface area contributed by atoms with Crippen LogP contribution in [0.3, 0.4) is 0 Å². The number of carbonyl (C=O) groups is 3. The van der Waals surface area contributed by atoms with Crippen molar-refractivity contribution in [2.24, 2.45) is 0 Å². The van der Waals surface area contributed by atoms with Crippen molar-refractivity contribution < 1.29 is 28.6 Å². The van der Waals surface area contributed by atoms with E-state index in [9.17, 15) is 14.4 Å². The average molecular weight is 470 g/mol. The molecule has 2 rings (SSSR count). The number of ether oxygens (including phenoxy) is 3. The first-order valence-corrected chi connectivity index (χ1v) is 11.4. The first kappa shape index (κ1) is 27.1. The van der Waals surface area contributed by atoms with Crippen molar-refractivity contribution in [3.63, 3.8) is 0 Å². The van der Waals surface area contributed by atoms with Gasteiger partial charge in [0.05, 0.1) is 37.9 Å². The zero-order chi connectivity index (χ0) is 25.1. The molecule has 7 heteroatoms. The molecule has 0 heterocycles. The second-order valence-electron chi connectivity index (χ2n) is 8.35. The summed E-state index contributed by atoms with van der Waals surface area (Å²) in [5.41, 5.74) is 2.04. The van der Waals surface area contributed by atoms with Crippen molar-refractivity contribution in [1.82, 2.24) is 4.90 Å². The predicted octanol–water partition coefficient (Wildman–Crippen LogP) is 4.10. The van der Waals surface area contributed by atoms with Gasteiger partial charge in [0.15, 0.2) is 12.6 Å². The van der Waals surface area contributed by atoms with Crippen LogP contribution in [0.25, 0.3) is 0 Å². The summed E-state index contributed by atoms with van der Waals surface area (Å²) in [5.74, 6) is 0.736. The van der Waals surface area contributed by atoms with Crippen LogP contribution in [0.5, 0.6) is 11.5 Å². The minimum absolute atomic E-state index is 0.291. The maximum absolute atomic E-state index is 12.9. The van der Waals surface area contributed by atoms with Crippen LogP contribution < -0.4 is 9.47 Å². The highest BCUT2D eigenvalue weighted by molar-refractivity contribution is 5.85. The normalized spacial score (nSPS) is 12.6. The molecule has 2 aromatic rings. The molecule has 1 unspecified atom stereocenters. The Morgan fingerprint density at radius 1 is 0.941 bits per heavy atom. The second kappa shape index (κ2) is 12.9. The van der Waals surface area contributed by atoms with Gasteiger partial charge < -0.3 is 19.1 Å². The SMILES string of the molecule is CCC(CCCN(C)CCc1ccc(C=O)c(OC)c1)(C(=O)OC)c1ccc(C=O)c(OC)c1. The summed E-state index contributed by atoms with van der Waals surface area (Å²) in [7, 11) is 6.52. The van der Waals surface area contributed by atoms with Crippen LogP contribution >= 0.6 is 0 Å². The van der Waals surface area contributed by atoms with E-state index in [2.05, 4.69) is 4.90 Å². The van der Waals surface area contributed by atoms with Gasteiger partial charge in [-0.05, 0) is 74.7 Å². The lowest BCUT2D eigenvalue weighted by Crippen LogP contribution is -2.37. The van der Waals surface area contributed by atoms with E-state index in [0.717, 1.165) is 49.6 Å². The van der Waals surface area contributed by atoms with Crippen molar-refractivity contribution in [1.29, 1.82) is 0 Å². The molecule has 0 aromatic heterocycles. The lowest BCUT2D eigenvalue weighted by atomic mass is 9.74. The molecule has 1 atom stereocenters. The van der Waals surface area contributed by atoms with Gasteiger partial charge in [0, 0.05) is 6.54 Å². The lowest BCUT2D eigenvalue weighted by Gasteiger charge is -2.31. The molecule has 0 bridgehead atoms. The largest absolute Gasteiger partial charge is 0.496 e. The zero-order valence-corrected chi connectivity index (χ0v) is 20.8. The van der Waals surface area contributed by atoms with Crippen LogP contribution in [0, 0.1) is 0 Å². The molecule has 2 aromatic carbocycles. The minimum atomic E-state index is -0.817. The number of rotatable bonds is 14. The van der Waals surface area contributed by atoms with Crippen LogP contribution in [0.2, 0.25) is 0 Å². The number of esters is 1. The van der Waals surface area contributed by atoms with Crippen LogP contribution in [0.1, 0.15) is 58.0 Å². The molecule has 0 N–H and O–H groups in total. The summed E-state index contributed by atoms with van der Waals surface area (Å²) in [6.07, 6.45) is 4.29. The molecule has 0 radical (unpaired) electrons. The fourth-order valence-corrected chi connectivity index (χ4v) is 4.28. The standard InChI is InChI=1S/C27H35NO6/c1-6-27(26(31)34-5,23-11-10-22(19-30)25(17-23)33-4)13-7-14-28(2)15-12-20-8-9-21(18-29)24(16-20)32-3/h8-11,16-19H,6-7,12-15H2,1-5H3. The number of benzene rings is 2. The van der Waals surface area contributed by atoms with Crippen molar-refractivity contribution in [3.8, 4) is 11.5 Å². The summed E-state index contributed by atoms with van der Waals surface area (Å²) >= 11 is 0. The fourth-order valence-electron chi connectivity index (χ4n) is 4.28. The first-order valence-electron chi connectivity index (χ1n) is 11.4. The molecule has 0 aliphatic carbocycles. The molecule has 0 amide bonds. The Labute approximate surface area is 202 Å². The Morgan fingerprint density at radius 3 is 2.12 bits per heavy atom. The number of likely N-dealkylation sites (N-methyl/N-ethyl adjacent to an activating group) is 1. The van der Waals surface area contributed by atoms with Gasteiger partial charge in [0.2, 0.25) is 0 Å². The molecule has 7 nitrogen and oxygen atoms in total. The van der Waals surface area contributed by atoms with Gasteiger partial charge in [-0.2, -0.15) is 0 Å². The molecule has 0 saturated heterocycles. The van der Waals surface area contributed by atoms with Gasteiger partial charge in [-0.15, -0.1) is 0 Å². The molecule has 184 valence electrons. The summed E-state index contributed by atoms with van der Waals surface area (Å²) in [4.78, 5) is 37.5. The van der Waals surface area contributed by atoms with Crippen molar-refractivity contribution >= 4 is 18.5 Å². The van der Waals surface area contributed by atoms with Gasteiger partial charge >= 0.3 is 5.97 Å². The topological polar surface area (TPSA) is 82.1 Å². The maximum Gasteiger partial charge on any atom is 0.316 e. The Balaban J connectivity index is 2.08. The van der Waals surface area contributed by atoms with E-state index < -0.39 is 5.41 Å². The van der Waals surface area contributed by atoms with E-state index in [1.54, 1.807) is 25.3 Å². The van der Waals surface area contributed by atoms with Crippen molar-refractivity contribution in [2.75, 3.05) is 41.5 Å². The lowest BCUT2D eigenvalue weighted by molar-refractivity contribution is -0.148. The van der Waals surface area contributed by atoms with Crippen LogP contribution in [0.15, 0.2) is 36.4 Å². The molecule has 0 aliphatic rings. The fraction of sp³-hybridized carbons (Fsp3) is 0.444. The van der Waals surface area contributed by atoms with Gasteiger partial charge in [0.1, 0.15) is 11.5 Å². The minimum Gasteiger partial charge on any atom is -0.496 e. The highest BCUT2D eigenvalue weighted by Gasteiger charge is 2.39. The van der Waals surface area contributed by atoms with Crippen LogP contribution in [-0.2, 0) is 21.4 Å². The van der Waals surface area contributed by atoms with Crippen LogP contribution in [-0.4, -0.2) is 64.9 Å². The van der Waals surface area contributed by atoms with E-state index in [4.69, 9.17) is 14.2 Å². The molecular weight excluding hydrogens is 434 g/mol. The highest BCUT2D eigenvalue weighted by atomic mass is 16.5.